The number of rotatable bonds is 6. The second-order valence-corrected chi connectivity index (χ2v) is 5.01. The van der Waals surface area contributed by atoms with Gasteiger partial charge in [-0.1, -0.05) is 17.7 Å². The minimum Gasteiger partial charge on any atom is -0.490 e. The van der Waals surface area contributed by atoms with Crippen molar-refractivity contribution in [1.29, 1.82) is 0 Å². The number of hydrogen-bond acceptors (Lipinski definition) is 4. The summed E-state index contributed by atoms with van der Waals surface area (Å²) in [4.78, 5) is 4.42. The largest absolute Gasteiger partial charge is 0.490 e. The Balaban J connectivity index is 2.42. The van der Waals surface area contributed by atoms with Crippen LogP contribution in [0.25, 0.3) is 10.9 Å². The molecule has 108 valence electrons. The molecule has 2 aromatic rings. The molecule has 1 heterocycles. The highest BCUT2D eigenvalue weighted by atomic mass is 35.5. The Bertz CT molecular complexity index is 587. The number of hydrogen-bond donors (Lipinski definition) is 0. The predicted octanol–water partition coefficient (Wildman–Crippen LogP) is 3.70. The second-order valence-electron chi connectivity index (χ2n) is 4.60. The number of nitrogens with zero attached hydrogens (tertiary/aromatic N) is 1. The second kappa shape index (κ2) is 6.77. The molecule has 0 bridgehead atoms. The zero-order valence-electron chi connectivity index (χ0n) is 11.9. The first-order valence-electron chi connectivity index (χ1n) is 6.49. The molecule has 5 heteroatoms. The first kappa shape index (κ1) is 14.9. The first-order valence-corrected chi connectivity index (χ1v) is 6.87. The summed E-state index contributed by atoms with van der Waals surface area (Å²) in [5, 5.41) is 1.46. The Hall–Kier alpha value is -1.52. The van der Waals surface area contributed by atoms with Gasteiger partial charge in [0.25, 0.3) is 0 Å². The van der Waals surface area contributed by atoms with Gasteiger partial charge in [-0.25, -0.2) is 4.98 Å². The van der Waals surface area contributed by atoms with Crippen LogP contribution < -0.4 is 9.47 Å². The zero-order chi connectivity index (χ0) is 14.5. The van der Waals surface area contributed by atoms with Crippen molar-refractivity contribution in [3.8, 4) is 11.6 Å². The molecule has 0 amide bonds. The third-order valence-electron chi connectivity index (χ3n) is 2.63. The van der Waals surface area contributed by atoms with Gasteiger partial charge in [-0.3, -0.25) is 0 Å². The molecule has 0 N–H and O–H groups in total. The lowest BCUT2D eigenvalue weighted by atomic mass is 10.2. The summed E-state index contributed by atoms with van der Waals surface area (Å²) in [6.07, 6.45) is 0.0615. The number of para-hydroxylation sites is 1. The summed E-state index contributed by atoms with van der Waals surface area (Å²) in [7, 11) is 1.63. The number of ether oxygens (including phenoxy) is 3. The average Bonchev–Trinajstić information content (AvgIpc) is 2.40. The highest BCUT2D eigenvalue weighted by molar-refractivity contribution is 6.35. The molecular weight excluding hydrogens is 278 g/mol. The molecule has 20 heavy (non-hydrogen) atoms. The lowest BCUT2D eigenvalue weighted by Crippen LogP contribution is -2.08. The van der Waals surface area contributed by atoms with Crippen LogP contribution in [-0.4, -0.2) is 31.4 Å². The van der Waals surface area contributed by atoms with Gasteiger partial charge in [0.05, 0.1) is 23.3 Å². The monoisotopic (exact) mass is 295 g/mol. The Kier molecular flexibility index (Phi) is 5.04. The number of fused-ring (bicyclic) bond motifs is 1. The van der Waals surface area contributed by atoms with Crippen LogP contribution in [0.1, 0.15) is 13.8 Å². The van der Waals surface area contributed by atoms with Crippen molar-refractivity contribution < 1.29 is 14.2 Å². The van der Waals surface area contributed by atoms with Gasteiger partial charge in [0.15, 0.2) is 0 Å². The van der Waals surface area contributed by atoms with E-state index in [9.17, 15) is 0 Å². The number of aromatic nitrogens is 1. The molecule has 0 radical (unpaired) electrons. The Labute approximate surface area is 123 Å². The number of methoxy groups -OCH3 is 1. The minimum atomic E-state index is 0.0615. The minimum absolute atomic E-state index is 0.0615. The van der Waals surface area contributed by atoms with Crippen molar-refractivity contribution in [1.82, 2.24) is 4.98 Å². The van der Waals surface area contributed by atoms with Crippen molar-refractivity contribution in [2.24, 2.45) is 0 Å². The molecule has 0 aliphatic heterocycles. The zero-order valence-corrected chi connectivity index (χ0v) is 12.6. The summed E-state index contributed by atoms with van der Waals surface area (Å²) < 4.78 is 16.3. The first-order chi connectivity index (χ1) is 9.61. The van der Waals surface area contributed by atoms with Crippen LogP contribution in [0.5, 0.6) is 11.6 Å². The van der Waals surface area contributed by atoms with Crippen molar-refractivity contribution in [3.63, 3.8) is 0 Å². The van der Waals surface area contributed by atoms with E-state index in [2.05, 4.69) is 4.98 Å². The number of pyridine rings is 1. The van der Waals surface area contributed by atoms with E-state index in [1.54, 1.807) is 19.2 Å². The van der Waals surface area contributed by atoms with Gasteiger partial charge in [-0.05, 0) is 26.0 Å². The van der Waals surface area contributed by atoms with E-state index in [4.69, 9.17) is 25.8 Å². The van der Waals surface area contributed by atoms with Gasteiger partial charge in [0.1, 0.15) is 12.4 Å². The van der Waals surface area contributed by atoms with Crippen molar-refractivity contribution in [2.45, 2.75) is 20.0 Å². The van der Waals surface area contributed by atoms with Gasteiger partial charge in [-0.2, -0.15) is 0 Å². The van der Waals surface area contributed by atoms with E-state index in [0.29, 0.717) is 29.6 Å². The lowest BCUT2D eigenvalue weighted by Gasteiger charge is -2.14. The maximum atomic E-state index is 6.20. The van der Waals surface area contributed by atoms with Crippen LogP contribution in [0.15, 0.2) is 24.3 Å². The molecule has 0 atom stereocenters. The predicted molar refractivity (Wildman–Crippen MR) is 79.9 cm³/mol. The molecule has 1 aromatic carbocycles. The smallest absolute Gasteiger partial charge is 0.217 e. The molecule has 0 saturated heterocycles. The van der Waals surface area contributed by atoms with Gasteiger partial charge < -0.3 is 14.2 Å². The standard InChI is InChI=1S/C15H18ClNO3/c1-10(2)20-13-9-14(19-8-7-18-3)17-15-11(13)5-4-6-12(15)16/h4-6,9-10H,7-8H2,1-3H3. The molecule has 0 aliphatic carbocycles. The van der Waals surface area contributed by atoms with Crippen molar-refractivity contribution >= 4 is 22.5 Å². The highest BCUT2D eigenvalue weighted by Gasteiger charge is 2.11. The molecule has 0 fully saturated rings. The fraction of sp³-hybridized carbons (Fsp3) is 0.400. The molecule has 0 aliphatic rings. The summed E-state index contributed by atoms with van der Waals surface area (Å²) in [6, 6.07) is 7.40. The Morgan fingerprint density at radius 3 is 2.75 bits per heavy atom. The molecule has 0 unspecified atom stereocenters. The van der Waals surface area contributed by atoms with E-state index in [0.717, 1.165) is 11.1 Å². The molecule has 0 spiro atoms. The molecular formula is C15H18ClNO3. The van der Waals surface area contributed by atoms with E-state index in [1.807, 2.05) is 26.0 Å². The van der Waals surface area contributed by atoms with Crippen LogP contribution in [0.4, 0.5) is 0 Å². The molecule has 1 aromatic heterocycles. The van der Waals surface area contributed by atoms with E-state index in [-0.39, 0.29) is 6.10 Å². The van der Waals surface area contributed by atoms with Crippen LogP contribution in [0, 0.1) is 0 Å². The maximum absolute atomic E-state index is 6.20. The SMILES string of the molecule is COCCOc1cc(OC(C)C)c2cccc(Cl)c2n1. The van der Waals surface area contributed by atoms with E-state index < -0.39 is 0 Å². The van der Waals surface area contributed by atoms with Gasteiger partial charge >= 0.3 is 0 Å². The Morgan fingerprint density at radius 1 is 1.25 bits per heavy atom. The normalized spacial score (nSPS) is 11.1. The van der Waals surface area contributed by atoms with Crippen LogP contribution >= 0.6 is 11.6 Å². The van der Waals surface area contributed by atoms with Crippen LogP contribution in [-0.2, 0) is 4.74 Å². The quantitative estimate of drug-likeness (QED) is 0.762. The van der Waals surface area contributed by atoms with Crippen molar-refractivity contribution in [3.05, 3.63) is 29.3 Å². The van der Waals surface area contributed by atoms with Gasteiger partial charge in [0, 0.05) is 18.6 Å². The average molecular weight is 296 g/mol. The molecule has 2 rings (SSSR count). The highest BCUT2D eigenvalue weighted by Crippen LogP contribution is 2.33. The van der Waals surface area contributed by atoms with Crippen LogP contribution in [0.3, 0.4) is 0 Å². The number of benzene rings is 1. The van der Waals surface area contributed by atoms with E-state index >= 15 is 0 Å². The lowest BCUT2D eigenvalue weighted by molar-refractivity contribution is 0.143. The Morgan fingerprint density at radius 2 is 2.05 bits per heavy atom. The topological polar surface area (TPSA) is 40.6 Å². The summed E-state index contributed by atoms with van der Waals surface area (Å²) in [6.45, 7) is 4.88. The maximum Gasteiger partial charge on any atom is 0.217 e. The van der Waals surface area contributed by atoms with Gasteiger partial charge in [-0.15, -0.1) is 0 Å². The fourth-order valence-corrected chi connectivity index (χ4v) is 2.03. The fourth-order valence-electron chi connectivity index (χ4n) is 1.82. The summed E-state index contributed by atoms with van der Waals surface area (Å²) in [5.74, 6) is 1.21. The van der Waals surface area contributed by atoms with Crippen LogP contribution in [0.2, 0.25) is 5.02 Å². The third kappa shape index (κ3) is 3.52. The summed E-state index contributed by atoms with van der Waals surface area (Å²) in [5.41, 5.74) is 0.680. The van der Waals surface area contributed by atoms with Crippen molar-refractivity contribution in [2.75, 3.05) is 20.3 Å². The van der Waals surface area contributed by atoms with Gasteiger partial charge in [0.2, 0.25) is 5.88 Å². The van der Waals surface area contributed by atoms with E-state index in [1.165, 1.54) is 0 Å². The molecule has 0 saturated carbocycles. The third-order valence-corrected chi connectivity index (χ3v) is 2.93. The molecule has 4 nitrogen and oxygen atoms in total. The number of halogens is 1. The summed E-state index contributed by atoms with van der Waals surface area (Å²) >= 11 is 6.20.